The molecule has 13 heteroatoms. The van der Waals surface area contributed by atoms with Gasteiger partial charge in [0.1, 0.15) is 6.33 Å². The number of anilines is 1. The number of hydrazine groups is 1. The van der Waals surface area contributed by atoms with Crippen LogP contribution in [0.25, 0.3) is 17.1 Å². The Labute approximate surface area is 262 Å². The first-order valence-corrected chi connectivity index (χ1v) is 15.2. The Bertz CT molecular complexity index is 1700. The summed E-state index contributed by atoms with van der Waals surface area (Å²) in [4.78, 5) is 23.4. The third kappa shape index (κ3) is 7.01. The summed E-state index contributed by atoms with van der Waals surface area (Å²) in [7, 11) is 0. The van der Waals surface area contributed by atoms with Gasteiger partial charge in [-0.15, -0.1) is 5.10 Å². The van der Waals surface area contributed by atoms with Crippen molar-refractivity contribution in [2.75, 3.05) is 10.7 Å². The van der Waals surface area contributed by atoms with Crippen LogP contribution in [-0.2, 0) is 11.0 Å². The van der Waals surface area contributed by atoms with Crippen molar-refractivity contribution in [1.82, 2.24) is 25.6 Å². The Morgan fingerprint density at radius 3 is 2.41 bits per heavy atom. The molecule has 0 radical (unpaired) electrons. The van der Waals surface area contributed by atoms with Crippen LogP contribution in [0.4, 0.5) is 18.9 Å². The molecule has 4 aromatic rings. The summed E-state index contributed by atoms with van der Waals surface area (Å²) in [5.41, 5.74) is 10.5. The van der Waals surface area contributed by atoms with Gasteiger partial charge in [-0.25, -0.2) is 15.1 Å². The van der Waals surface area contributed by atoms with Gasteiger partial charge in [0.2, 0.25) is 11.0 Å². The largest absolute Gasteiger partial charge is 0.416 e. The van der Waals surface area contributed by atoms with E-state index >= 15 is 0 Å². The van der Waals surface area contributed by atoms with Gasteiger partial charge in [-0.05, 0) is 79.0 Å². The smallest absolute Gasteiger partial charge is 0.296 e. The fourth-order valence-electron chi connectivity index (χ4n) is 4.63. The highest BCUT2D eigenvalue weighted by Gasteiger charge is 2.32. The van der Waals surface area contributed by atoms with E-state index in [0.717, 1.165) is 40.1 Å². The fourth-order valence-corrected chi connectivity index (χ4v) is 5.70. The molecule has 1 saturated heterocycles. The molecule has 0 aliphatic carbocycles. The van der Waals surface area contributed by atoms with Crippen molar-refractivity contribution < 1.29 is 18.0 Å². The molecule has 1 unspecified atom stereocenters. The standard InChI is InChI=1S/C31H30F3N7OS2/c1-18(2)25-14-5-19(3)15-26(25)41-27(42)16-44-30(41)36-29(43)38-37-20(4)21-6-8-22(9-7-21)28-35-17-40(39-28)24-12-10-23(11-13-24)31(32,33)34/h5-15,17-18,20,37H,16H2,1-4H3,(H,38,43). The summed E-state index contributed by atoms with van der Waals surface area (Å²) in [5, 5.41) is 5.14. The van der Waals surface area contributed by atoms with Gasteiger partial charge in [0.15, 0.2) is 11.0 Å². The highest BCUT2D eigenvalue weighted by molar-refractivity contribution is 8.15. The number of hydrogen-bond donors (Lipinski definition) is 2. The number of thioether (sulfide) groups is 1. The zero-order chi connectivity index (χ0) is 31.6. The summed E-state index contributed by atoms with van der Waals surface area (Å²) in [6.45, 7) is 8.13. The van der Waals surface area contributed by atoms with Crippen LogP contribution in [0, 0.1) is 6.92 Å². The van der Waals surface area contributed by atoms with Crippen LogP contribution in [0.15, 0.2) is 78.0 Å². The quantitative estimate of drug-likeness (QED) is 0.167. The van der Waals surface area contributed by atoms with Gasteiger partial charge in [0, 0.05) is 11.6 Å². The minimum Gasteiger partial charge on any atom is -0.296 e. The SMILES string of the molecule is Cc1ccc(C(C)C)c(N2C(=O)CSC2=NC(=S)NNC(C)c2ccc(-c3ncn(-c4ccc(C(F)(F)F)cc4)n3)cc2)c1. The number of nitrogens with zero attached hydrogens (tertiary/aromatic N) is 5. The molecule has 0 spiro atoms. The van der Waals surface area contributed by atoms with Crippen LogP contribution >= 0.6 is 24.0 Å². The molecule has 0 saturated carbocycles. The number of hydrogen-bond acceptors (Lipinski definition) is 6. The molecule has 228 valence electrons. The second kappa shape index (κ2) is 12.9. The molecule has 3 aromatic carbocycles. The van der Waals surface area contributed by atoms with Crippen LogP contribution in [-0.4, -0.2) is 36.7 Å². The lowest BCUT2D eigenvalue weighted by Gasteiger charge is -2.22. The molecular formula is C31H30F3N7OS2. The predicted octanol–water partition coefficient (Wildman–Crippen LogP) is 6.96. The van der Waals surface area contributed by atoms with Crippen LogP contribution in [0.2, 0.25) is 0 Å². The zero-order valence-electron chi connectivity index (χ0n) is 24.4. The van der Waals surface area contributed by atoms with Gasteiger partial charge in [-0.3, -0.25) is 15.1 Å². The van der Waals surface area contributed by atoms with Crippen molar-refractivity contribution in [3.8, 4) is 17.1 Å². The van der Waals surface area contributed by atoms with E-state index in [2.05, 4.69) is 45.8 Å². The third-order valence-electron chi connectivity index (χ3n) is 7.03. The minimum absolute atomic E-state index is 0.0378. The number of amidine groups is 1. The molecule has 2 heterocycles. The summed E-state index contributed by atoms with van der Waals surface area (Å²) in [6.07, 6.45) is -2.94. The number of thiocarbonyl (C=S) groups is 1. The molecule has 0 bridgehead atoms. The number of carbonyl (C=O) groups is 1. The second-order valence-electron chi connectivity index (χ2n) is 10.6. The van der Waals surface area contributed by atoms with Crippen LogP contribution < -0.4 is 15.8 Å². The van der Waals surface area contributed by atoms with Gasteiger partial charge >= 0.3 is 6.18 Å². The number of nitrogens with one attached hydrogen (secondary N) is 2. The maximum atomic E-state index is 12.9. The monoisotopic (exact) mass is 637 g/mol. The first-order chi connectivity index (χ1) is 20.9. The van der Waals surface area contributed by atoms with Crippen molar-refractivity contribution in [1.29, 1.82) is 0 Å². The predicted molar refractivity (Wildman–Crippen MR) is 172 cm³/mol. The highest BCUT2D eigenvalue weighted by atomic mass is 32.2. The first-order valence-electron chi connectivity index (χ1n) is 13.8. The van der Waals surface area contributed by atoms with E-state index < -0.39 is 11.7 Å². The van der Waals surface area contributed by atoms with Crippen molar-refractivity contribution >= 4 is 45.9 Å². The molecule has 1 aliphatic rings. The molecule has 1 aliphatic heterocycles. The molecule has 1 aromatic heterocycles. The Hall–Kier alpha value is -4.07. The molecule has 2 N–H and O–H groups in total. The van der Waals surface area contributed by atoms with E-state index in [4.69, 9.17) is 12.2 Å². The fraction of sp³-hybridized carbons (Fsp3) is 0.258. The number of rotatable bonds is 7. The average Bonchev–Trinajstić information content (AvgIpc) is 3.62. The molecule has 1 amide bonds. The second-order valence-corrected chi connectivity index (χ2v) is 11.9. The lowest BCUT2D eigenvalue weighted by molar-refractivity contribution is -0.137. The summed E-state index contributed by atoms with van der Waals surface area (Å²) in [5.74, 6) is 0.925. The Morgan fingerprint density at radius 2 is 1.75 bits per heavy atom. The summed E-state index contributed by atoms with van der Waals surface area (Å²) >= 11 is 6.83. The summed E-state index contributed by atoms with van der Waals surface area (Å²) < 4.78 is 40.0. The van der Waals surface area contributed by atoms with Gasteiger partial charge in [0.05, 0.1) is 22.7 Å². The van der Waals surface area contributed by atoms with Crippen LogP contribution in [0.3, 0.4) is 0 Å². The number of carbonyl (C=O) groups excluding carboxylic acids is 1. The van der Waals surface area contributed by atoms with Gasteiger partial charge in [-0.1, -0.05) is 62.0 Å². The number of aliphatic imine (C=N–C) groups is 1. The molecule has 44 heavy (non-hydrogen) atoms. The zero-order valence-corrected chi connectivity index (χ0v) is 26.0. The third-order valence-corrected chi connectivity index (χ3v) is 8.14. The lowest BCUT2D eigenvalue weighted by atomic mass is 9.99. The van der Waals surface area contributed by atoms with Crippen LogP contribution in [0.1, 0.15) is 55.0 Å². The lowest BCUT2D eigenvalue weighted by Crippen LogP contribution is -2.38. The molecular weight excluding hydrogens is 608 g/mol. The molecule has 1 fully saturated rings. The maximum absolute atomic E-state index is 12.9. The minimum atomic E-state index is -4.40. The maximum Gasteiger partial charge on any atom is 0.416 e. The normalized spacial score (nSPS) is 15.3. The Kier molecular flexibility index (Phi) is 9.18. The van der Waals surface area contributed by atoms with E-state index in [1.54, 1.807) is 4.90 Å². The molecule has 1 atom stereocenters. The van der Waals surface area contributed by atoms with Gasteiger partial charge in [0.25, 0.3) is 0 Å². The van der Waals surface area contributed by atoms with E-state index in [9.17, 15) is 18.0 Å². The number of aromatic nitrogens is 3. The summed E-state index contributed by atoms with van der Waals surface area (Å²) in [6, 6.07) is 18.2. The van der Waals surface area contributed by atoms with Crippen molar-refractivity contribution in [3.05, 3.63) is 95.3 Å². The van der Waals surface area contributed by atoms with Gasteiger partial charge < -0.3 is 0 Å². The number of amides is 1. The van der Waals surface area contributed by atoms with E-state index in [-0.39, 0.29) is 23.0 Å². The average molecular weight is 638 g/mol. The van der Waals surface area contributed by atoms with E-state index in [1.807, 2.05) is 50.2 Å². The van der Waals surface area contributed by atoms with E-state index in [0.29, 0.717) is 22.4 Å². The number of benzene rings is 3. The van der Waals surface area contributed by atoms with Crippen molar-refractivity contribution in [2.24, 2.45) is 4.99 Å². The number of aryl methyl sites for hydroxylation is 1. The van der Waals surface area contributed by atoms with E-state index in [1.165, 1.54) is 34.9 Å². The topological polar surface area (TPSA) is 87.4 Å². The number of alkyl halides is 3. The number of halogens is 3. The Balaban J connectivity index is 1.22. The Morgan fingerprint density at radius 1 is 1.05 bits per heavy atom. The first kappa shape index (κ1) is 31.4. The van der Waals surface area contributed by atoms with Crippen LogP contribution in [0.5, 0.6) is 0 Å². The van der Waals surface area contributed by atoms with Crippen molar-refractivity contribution in [3.63, 3.8) is 0 Å². The van der Waals surface area contributed by atoms with Crippen molar-refractivity contribution in [2.45, 2.75) is 45.8 Å². The molecule has 8 nitrogen and oxygen atoms in total. The highest BCUT2D eigenvalue weighted by Crippen LogP contribution is 2.34. The molecule has 5 rings (SSSR count). The van der Waals surface area contributed by atoms with Gasteiger partial charge in [-0.2, -0.15) is 18.2 Å².